The van der Waals surface area contributed by atoms with Crippen LogP contribution in [0.3, 0.4) is 0 Å². The van der Waals surface area contributed by atoms with Gasteiger partial charge in [0, 0.05) is 0 Å². The summed E-state index contributed by atoms with van der Waals surface area (Å²) in [6.07, 6.45) is 2.91. The second-order valence-electron chi connectivity index (χ2n) is 4.63. The second-order valence-corrected chi connectivity index (χ2v) is 6.71. The zero-order valence-electron chi connectivity index (χ0n) is 11.1. The maximum Gasteiger partial charge on any atom is 0.150 e. The van der Waals surface area contributed by atoms with Gasteiger partial charge in [-0.05, 0) is 48.1 Å². The number of thioether (sulfide) groups is 1. The van der Waals surface area contributed by atoms with E-state index in [0.29, 0.717) is 11.4 Å². The molecule has 2 aromatic carbocycles. The van der Waals surface area contributed by atoms with Crippen LogP contribution < -0.4 is 11.5 Å². The molecule has 0 aliphatic heterocycles. The number of nitrogens with two attached hydrogens (primary N) is 2. The number of rotatable bonds is 3. The molecule has 3 rings (SSSR count). The summed E-state index contributed by atoms with van der Waals surface area (Å²) in [5.74, 6) is 0. The smallest absolute Gasteiger partial charge is 0.150 e. The summed E-state index contributed by atoms with van der Waals surface area (Å²) in [6.45, 7) is 0. The molecule has 0 saturated carbocycles. The van der Waals surface area contributed by atoms with E-state index in [2.05, 4.69) is 29.4 Å². The number of benzene rings is 2. The van der Waals surface area contributed by atoms with E-state index in [9.17, 15) is 0 Å². The van der Waals surface area contributed by atoms with E-state index in [0.717, 1.165) is 16.3 Å². The second kappa shape index (κ2) is 5.34. The Balaban J connectivity index is 1.91. The van der Waals surface area contributed by atoms with Crippen LogP contribution in [0.5, 0.6) is 0 Å². The molecule has 0 saturated heterocycles. The fourth-order valence-electron chi connectivity index (χ4n) is 2.12. The van der Waals surface area contributed by atoms with E-state index in [1.54, 1.807) is 23.1 Å². The normalized spacial score (nSPS) is 11.1. The van der Waals surface area contributed by atoms with Crippen molar-refractivity contribution in [2.24, 2.45) is 0 Å². The van der Waals surface area contributed by atoms with Gasteiger partial charge < -0.3 is 11.5 Å². The Labute approximate surface area is 126 Å². The number of nitrogens with zero attached hydrogens (tertiary/aromatic N) is 1. The number of anilines is 2. The lowest BCUT2D eigenvalue weighted by Crippen LogP contribution is -1.96. The van der Waals surface area contributed by atoms with Gasteiger partial charge in [0.1, 0.15) is 0 Å². The van der Waals surface area contributed by atoms with Crippen LogP contribution in [-0.4, -0.2) is 11.2 Å². The number of nitrogen functional groups attached to an aromatic ring is 2. The average Bonchev–Trinajstić information content (AvgIpc) is 2.85. The van der Waals surface area contributed by atoms with E-state index in [-0.39, 0.29) is 0 Å². The van der Waals surface area contributed by atoms with Gasteiger partial charge >= 0.3 is 0 Å². The summed E-state index contributed by atoms with van der Waals surface area (Å²) in [4.78, 5) is 4.55. The highest BCUT2D eigenvalue weighted by Crippen LogP contribution is 2.29. The molecule has 102 valence electrons. The van der Waals surface area contributed by atoms with Gasteiger partial charge in [-0.2, -0.15) is 0 Å². The number of hydrogen-bond acceptors (Lipinski definition) is 5. The first-order valence-corrected chi connectivity index (χ1v) is 8.27. The first kappa shape index (κ1) is 13.3. The number of fused-ring (bicyclic) bond motifs is 1. The molecule has 0 bridgehead atoms. The quantitative estimate of drug-likeness (QED) is 0.571. The zero-order valence-corrected chi connectivity index (χ0v) is 12.7. The molecule has 20 heavy (non-hydrogen) atoms. The van der Waals surface area contributed by atoms with Crippen molar-refractivity contribution in [3.8, 4) is 0 Å². The van der Waals surface area contributed by atoms with Crippen molar-refractivity contribution in [1.82, 2.24) is 4.98 Å². The standard InChI is InChI=1S/C15H15N3S2/c1-19-15-18-13-5-3-10(8-14(13)20-15)6-9-2-4-11(16)12(17)7-9/h2-5,7-8H,6,16-17H2,1H3. The molecule has 4 N–H and O–H groups in total. The maximum absolute atomic E-state index is 5.85. The Kier molecular flexibility index (Phi) is 3.54. The molecular formula is C15H15N3S2. The van der Waals surface area contributed by atoms with Crippen LogP contribution in [-0.2, 0) is 6.42 Å². The highest BCUT2D eigenvalue weighted by Gasteiger charge is 2.05. The molecule has 0 aliphatic rings. The van der Waals surface area contributed by atoms with E-state index < -0.39 is 0 Å². The molecule has 0 unspecified atom stereocenters. The van der Waals surface area contributed by atoms with Gasteiger partial charge in [-0.3, -0.25) is 0 Å². The number of thiazole rings is 1. The van der Waals surface area contributed by atoms with E-state index >= 15 is 0 Å². The summed E-state index contributed by atoms with van der Waals surface area (Å²) in [5, 5.41) is 0. The third-order valence-electron chi connectivity index (χ3n) is 3.17. The average molecular weight is 301 g/mol. The fraction of sp³-hybridized carbons (Fsp3) is 0.133. The van der Waals surface area contributed by atoms with Crippen molar-refractivity contribution in [2.75, 3.05) is 17.7 Å². The molecule has 0 atom stereocenters. The molecule has 0 spiro atoms. The molecule has 0 fully saturated rings. The van der Waals surface area contributed by atoms with E-state index in [1.165, 1.54) is 15.8 Å². The minimum Gasteiger partial charge on any atom is -0.397 e. The molecule has 1 aromatic heterocycles. The van der Waals surface area contributed by atoms with Crippen LogP contribution in [0.15, 0.2) is 40.7 Å². The van der Waals surface area contributed by atoms with Crippen LogP contribution in [0.4, 0.5) is 11.4 Å². The lowest BCUT2D eigenvalue weighted by Gasteiger charge is -2.05. The zero-order chi connectivity index (χ0) is 14.1. The molecule has 0 amide bonds. The van der Waals surface area contributed by atoms with Gasteiger partial charge in [0.25, 0.3) is 0 Å². The topological polar surface area (TPSA) is 64.9 Å². The molecule has 0 aliphatic carbocycles. The van der Waals surface area contributed by atoms with Crippen LogP contribution in [0.1, 0.15) is 11.1 Å². The Morgan fingerprint density at radius 3 is 2.55 bits per heavy atom. The van der Waals surface area contributed by atoms with Crippen molar-refractivity contribution in [3.05, 3.63) is 47.5 Å². The Bertz CT molecular complexity index is 765. The van der Waals surface area contributed by atoms with Gasteiger partial charge in [-0.25, -0.2) is 4.98 Å². The molecule has 3 nitrogen and oxygen atoms in total. The largest absolute Gasteiger partial charge is 0.397 e. The maximum atomic E-state index is 5.85. The van der Waals surface area contributed by atoms with Crippen LogP contribution in [0.2, 0.25) is 0 Å². The Morgan fingerprint density at radius 1 is 1.05 bits per heavy atom. The SMILES string of the molecule is CSc1nc2ccc(Cc3ccc(N)c(N)c3)cc2s1. The molecule has 3 aromatic rings. The van der Waals surface area contributed by atoms with Crippen molar-refractivity contribution < 1.29 is 0 Å². The Hall–Kier alpha value is -1.72. The van der Waals surface area contributed by atoms with E-state index in [4.69, 9.17) is 11.5 Å². The third-order valence-corrected chi connectivity index (χ3v) is 5.17. The predicted octanol–water partition coefficient (Wildman–Crippen LogP) is 3.77. The highest BCUT2D eigenvalue weighted by molar-refractivity contribution is 8.00. The van der Waals surface area contributed by atoms with Crippen LogP contribution in [0, 0.1) is 0 Å². The molecule has 0 radical (unpaired) electrons. The molecular weight excluding hydrogens is 286 g/mol. The lowest BCUT2D eigenvalue weighted by molar-refractivity contribution is 1.20. The number of aromatic nitrogens is 1. The minimum absolute atomic E-state index is 0.635. The van der Waals surface area contributed by atoms with Gasteiger partial charge in [-0.1, -0.05) is 23.9 Å². The van der Waals surface area contributed by atoms with Crippen molar-refractivity contribution in [3.63, 3.8) is 0 Å². The van der Waals surface area contributed by atoms with Gasteiger partial charge in [0.2, 0.25) is 0 Å². The van der Waals surface area contributed by atoms with Gasteiger partial charge in [0.15, 0.2) is 4.34 Å². The van der Waals surface area contributed by atoms with Crippen LogP contribution >= 0.6 is 23.1 Å². The van der Waals surface area contributed by atoms with Gasteiger partial charge in [0.05, 0.1) is 21.6 Å². The van der Waals surface area contributed by atoms with Gasteiger partial charge in [-0.15, -0.1) is 11.3 Å². The van der Waals surface area contributed by atoms with Crippen molar-refractivity contribution in [1.29, 1.82) is 0 Å². The summed E-state index contributed by atoms with van der Waals surface area (Å²) in [5.41, 5.74) is 16.4. The van der Waals surface area contributed by atoms with Crippen molar-refractivity contribution in [2.45, 2.75) is 10.8 Å². The highest BCUT2D eigenvalue weighted by atomic mass is 32.2. The monoisotopic (exact) mass is 301 g/mol. The summed E-state index contributed by atoms with van der Waals surface area (Å²) in [7, 11) is 0. The fourth-order valence-corrected chi connectivity index (χ4v) is 3.67. The molecule has 5 heteroatoms. The lowest BCUT2D eigenvalue weighted by atomic mass is 10.0. The number of hydrogen-bond donors (Lipinski definition) is 2. The predicted molar refractivity (Wildman–Crippen MR) is 89.5 cm³/mol. The Morgan fingerprint density at radius 2 is 1.80 bits per heavy atom. The first-order chi connectivity index (χ1) is 9.65. The van der Waals surface area contributed by atoms with E-state index in [1.807, 2.05) is 18.2 Å². The molecule has 1 heterocycles. The van der Waals surface area contributed by atoms with Crippen LogP contribution in [0.25, 0.3) is 10.2 Å². The summed E-state index contributed by atoms with van der Waals surface area (Å²) < 4.78 is 2.34. The first-order valence-electron chi connectivity index (χ1n) is 6.23. The summed E-state index contributed by atoms with van der Waals surface area (Å²) >= 11 is 3.42. The third kappa shape index (κ3) is 2.59. The van der Waals surface area contributed by atoms with Crippen molar-refractivity contribution >= 4 is 44.7 Å². The minimum atomic E-state index is 0.635. The summed E-state index contributed by atoms with van der Waals surface area (Å²) in [6, 6.07) is 12.2.